The summed E-state index contributed by atoms with van der Waals surface area (Å²) in [5.74, 6) is 1.13. The van der Waals surface area contributed by atoms with Crippen LogP contribution >= 0.6 is 0 Å². The van der Waals surface area contributed by atoms with Crippen molar-refractivity contribution < 1.29 is 9.53 Å². The van der Waals surface area contributed by atoms with E-state index in [1.807, 2.05) is 47.2 Å². The standard InChI is InChI=1S/C20H19N5O2/c1-24-21-12-19(23-24)22-20(26)13-25-10-9-16-11-15(5-8-18(16)25)14-3-6-17(27-2)7-4-14/h3-12H,13H2,1-2H3,(H,22,23,26). The molecule has 136 valence electrons. The summed E-state index contributed by atoms with van der Waals surface area (Å²) in [7, 11) is 3.36. The Balaban J connectivity index is 1.54. The highest BCUT2D eigenvalue weighted by Crippen LogP contribution is 2.26. The van der Waals surface area contributed by atoms with E-state index in [1.54, 1.807) is 14.2 Å². The van der Waals surface area contributed by atoms with Crippen LogP contribution in [0.15, 0.2) is 60.9 Å². The van der Waals surface area contributed by atoms with Crippen LogP contribution in [0.25, 0.3) is 22.0 Å². The maximum absolute atomic E-state index is 12.3. The molecule has 4 aromatic rings. The number of methoxy groups -OCH3 is 1. The Kier molecular flexibility index (Phi) is 4.33. The number of aromatic nitrogens is 4. The fourth-order valence-corrected chi connectivity index (χ4v) is 3.04. The highest BCUT2D eigenvalue weighted by Gasteiger charge is 2.09. The van der Waals surface area contributed by atoms with E-state index in [-0.39, 0.29) is 12.5 Å². The van der Waals surface area contributed by atoms with Crippen molar-refractivity contribution in [3.05, 3.63) is 60.9 Å². The van der Waals surface area contributed by atoms with Crippen molar-refractivity contribution in [3.63, 3.8) is 0 Å². The van der Waals surface area contributed by atoms with Crippen molar-refractivity contribution in [2.24, 2.45) is 7.05 Å². The Labute approximate surface area is 156 Å². The van der Waals surface area contributed by atoms with Crippen molar-refractivity contribution >= 4 is 22.6 Å². The smallest absolute Gasteiger partial charge is 0.245 e. The molecule has 0 unspecified atom stereocenters. The van der Waals surface area contributed by atoms with E-state index in [0.29, 0.717) is 5.82 Å². The first kappa shape index (κ1) is 16.8. The maximum atomic E-state index is 12.3. The molecule has 0 aliphatic heterocycles. The molecule has 0 aliphatic rings. The zero-order chi connectivity index (χ0) is 18.8. The molecule has 1 amide bonds. The molecule has 27 heavy (non-hydrogen) atoms. The van der Waals surface area contributed by atoms with Gasteiger partial charge >= 0.3 is 0 Å². The van der Waals surface area contributed by atoms with Gasteiger partial charge in [0.1, 0.15) is 12.3 Å². The van der Waals surface area contributed by atoms with Crippen LogP contribution in [-0.2, 0) is 18.4 Å². The zero-order valence-corrected chi connectivity index (χ0v) is 15.1. The van der Waals surface area contributed by atoms with Crippen LogP contribution in [0.1, 0.15) is 0 Å². The largest absolute Gasteiger partial charge is 0.497 e. The molecule has 0 saturated carbocycles. The van der Waals surface area contributed by atoms with Gasteiger partial charge in [-0.15, -0.1) is 5.10 Å². The van der Waals surface area contributed by atoms with Crippen LogP contribution in [0.4, 0.5) is 5.82 Å². The highest BCUT2D eigenvalue weighted by atomic mass is 16.5. The number of nitrogens with zero attached hydrogens (tertiary/aromatic N) is 4. The van der Waals surface area contributed by atoms with E-state index in [0.717, 1.165) is 27.8 Å². The van der Waals surface area contributed by atoms with Crippen LogP contribution in [0.5, 0.6) is 5.75 Å². The van der Waals surface area contributed by atoms with Gasteiger partial charge in [-0.25, -0.2) is 0 Å². The molecular weight excluding hydrogens is 342 g/mol. The van der Waals surface area contributed by atoms with E-state index in [9.17, 15) is 4.79 Å². The third kappa shape index (κ3) is 3.52. The molecule has 0 atom stereocenters. The van der Waals surface area contributed by atoms with Gasteiger partial charge in [0.15, 0.2) is 5.82 Å². The fourth-order valence-electron chi connectivity index (χ4n) is 3.04. The number of ether oxygens (including phenoxy) is 1. The molecule has 2 aromatic heterocycles. The molecule has 7 heteroatoms. The number of rotatable bonds is 5. The minimum absolute atomic E-state index is 0.146. The van der Waals surface area contributed by atoms with Crippen LogP contribution in [0.2, 0.25) is 0 Å². The number of anilines is 1. The SMILES string of the molecule is COc1ccc(-c2ccc3c(ccn3CC(=O)Nc3cnn(C)n3)c2)cc1. The lowest BCUT2D eigenvalue weighted by molar-refractivity contribution is -0.116. The number of amides is 1. The second-order valence-electron chi connectivity index (χ2n) is 6.21. The zero-order valence-electron chi connectivity index (χ0n) is 15.1. The Morgan fingerprint density at radius 2 is 1.89 bits per heavy atom. The highest BCUT2D eigenvalue weighted by molar-refractivity contribution is 5.92. The van der Waals surface area contributed by atoms with Gasteiger partial charge in [-0.3, -0.25) is 4.79 Å². The number of carbonyl (C=O) groups is 1. The predicted octanol–water partition coefficient (Wildman–Crippen LogP) is 3.08. The lowest BCUT2D eigenvalue weighted by Gasteiger charge is -2.07. The van der Waals surface area contributed by atoms with E-state index in [4.69, 9.17) is 4.74 Å². The summed E-state index contributed by atoms with van der Waals surface area (Å²) >= 11 is 0. The van der Waals surface area contributed by atoms with E-state index in [1.165, 1.54) is 11.0 Å². The first-order valence-corrected chi connectivity index (χ1v) is 8.52. The number of fused-ring (bicyclic) bond motifs is 1. The Morgan fingerprint density at radius 1 is 1.11 bits per heavy atom. The third-order valence-corrected chi connectivity index (χ3v) is 4.38. The Hall–Kier alpha value is -3.61. The summed E-state index contributed by atoms with van der Waals surface area (Å²) < 4.78 is 7.12. The number of carbonyl (C=O) groups excluding carboxylic acids is 1. The van der Waals surface area contributed by atoms with Gasteiger partial charge < -0.3 is 14.6 Å². The summed E-state index contributed by atoms with van der Waals surface area (Å²) in [6.45, 7) is 0.210. The summed E-state index contributed by atoms with van der Waals surface area (Å²) in [6, 6.07) is 16.2. The molecule has 0 fully saturated rings. The van der Waals surface area contributed by atoms with Gasteiger partial charge in [0.25, 0.3) is 0 Å². The maximum Gasteiger partial charge on any atom is 0.245 e. The van der Waals surface area contributed by atoms with Gasteiger partial charge in [0, 0.05) is 24.1 Å². The lowest BCUT2D eigenvalue weighted by atomic mass is 10.0. The molecule has 0 radical (unpaired) electrons. The quantitative estimate of drug-likeness (QED) is 0.593. The molecule has 7 nitrogen and oxygen atoms in total. The third-order valence-electron chi connectivity index (χ3n) is 4.38. The van der Waals surface area contributed by atoms with Crippen LogP contribution in [-0.4, -0.2) is 32.6 Å². The lowest BCUT2D eigenvalue weighted by Crippen LogP contribution is -2.18. The topological polar surface area (TPSA) is 74.0 Å². The molecule has 2 heterocycles. The van der Waals surface area contributed by atoms with E-state index in [2.05, 4.69) is 27.6 Å². The molecule has 0 bridgehead atoms. The van der Waals surface area contributed by atoms with E-state index < -0.39 is 0 Å². The molecule has 0 spiro atoms. The first-order valence-electron chi connectivity index (χ1n) is 8.52. The predicted molar refractivity (Wildman–Crippen MR) is 104 cm³/mol. The Morgan fingerprint density at radius 3 is 2.59 bits per heavy atom. The molecule has 0 saturated heterocycles. The van der Waals surface area contributed by atoms with E-state index >= 15 is 0 Å². The monoisotopic (exact) mass is 361 g/mol. The normalized spacial score (nSPS) is 10.9. The average molecular weight is 361 g/mol. The number of nitrogens with one attached hydrogen (secondary N) is 1. The van der Waals surface area contributed by atoms with Crippen LogP contribution in [0.3, 0.4) is 0 Å². The number of hydrogen-bond acceptors (Lipinski definition) is 4. The molecular formula is C20H19N5O2. The minimum atomic E-state index is -0.146. The number of aryl methyl sites for hydroxylation is 1. The molecule has 4 rings (SSSR count). The van der Waals surface area contributed by atoms with Gasteiger partial charge in [0.2, 0.25) is 5.91 Å². The summed E-state index contributed by atoms with van der Waals surface area (Å²) in [6.07, 6.45) is 3.44. The van der Waals surface area contributed by atoms with Gasteiger partial charge in [-0.1, -0.05) is 18.2 Å². The second-order valence-corrected chi connectivity index (χ2v) is 6.21. The van der Waals surface area contributed by atoms with Crippen LogP contribution in [0, 0.1) is 0 Å². The van der Waals surface area contributed by atoms with Gasteiger partial charge in [-0.2, -0.15) is 9.90 Å². The summed E-state index contributed by atoms with van der Waals surface area (Å²) in [5.41, 5.74) is 3.24. The van der Waals surface area contributed by atoms with Crippen molar-refractivity contribution in [2.45, 2.75) is 6.54 Å². The Bertz CT molecular complexity index is 1100. The molecule has 2 aromatic carbocycles. The first-order chi connectivity index (χ1) is 13.1. The van der Waals surface area contributed by atoms with Gasteiger partial charge in [-0.05, 0) is 41.5 Å². The minimum Gasteiger partial charge on any atom is -0.497 e. The fraction of sp³-hybridized carbons (Fsp3) is 0.150. The number of benzene rings is 2. The van der Waals surface area contributed by atoms with Crippen molar-refractivity contribution in [2.75, 3.05) is 12.4 Å². The number of hydrogen-bond donors (Lipinski definition) is 1. The van der Waals surface area contributed by atoms with Crippen molar-refractivity contribution in [1.29, 1.82) is 0 Å². The van der Waals surface area contributed by atoms with Crippen LogP contribution < -0.4 is 10.1 Å². The van der Waals surface area contributed by atoms with Crippen molar-refractivity contribution in [1.82, 2.24) is 19.6 Å². The second kappa shape index (κ2) is 6.95. The van der Waals surface area contributed by atoms with Crippen molar-refractivity contribution in [3.8, 4) is 16.9 Å². The van der Waals surface area contributed by atoms with Gasteiger partial charge in [0.05, 0.1) is 13.3 Å². The summed E-state index contributed by atoms with van der Waals surface area (Å²) in [4.78, 5) is 13.7. The average Bonchev–Trinajstić information content (AvgIpc) is 3.27. The molecule has 1 N–H and O–H groups in total. The summed E-state index contributed by atoms with van der Waals surface area (Å²) in [5, 5.41) is 11.8. The molecule has 0 aliphatic carbocycles.